The molecule has 32 heteroatoms. The summed E-state index contributed by atoms with van der Waals surface area (Å²) in [5, 5.41) is 9.82. The number of carbonyl (C=O) groups excluding carboxylic acids is 1. The molecular weight excluding hydrogens is 794 g/mol. The summed E-state index contributed by atoms with van der Waals surface area (Å²) in [6.45, 7) is 0. The van der Waals surface area contributed by atoms with Gasteiger partial charge in [0.15, 0.2) is 0 Å². The van der Waals surface area contributed by atoms with Crippen molar-refractivity contribution in [2.75, 3.05) is 0 Å². The van der Waals surface area contributed by atoms with E-state index < -0.39 is 95.3 Å². The molecule has 0 aromatic carbocycles. The van der Waals surface area contributed by atoms with Crippen molar-refractivity contribution in [1.29, 1.82) is 0 Å². The second-order valence-corrected chi connectivity index (χ2v) is 8.68. The van der Waals surface area contributed by atoms with E-state index in [1.807, 2.05) is 0 Å². The van der Waals surface area contributed by atoms with E-state index in [2.05, 4.69) is 0 Å². The Hall–Kier alpha value is -2.63. The quantitative estimate of drug-likeness (QED) is 0.158. The predicted molar refractivity (Wildman–Crippen MR) is 80.3 cm³/mol. The van der Waals surface area contributed by atoms with Gasteiger partial charge in [-0.05, 0) is 0 Å². The molecule has 0 unspecified atom stereocenters. The maximum absolute atomic E-state index is 13.7. The Morgan fingerprint density at radius 2 is 0.458 bits per heavy atom. The summed E-state index contributed by atoms with van der Waals surface area (Å²) in [4.78, 5) is 9.82. The molecule has 0 N–H and O–H groups in total. The minimum Gasteiger partial charge on any atom is -0.544 e. The highest BCUT2D eigenvalue weighted by Crippen LogP contribution is 2.69. The van der Waals surface area contributed by atoms with E-state index >= 15 is 0 Å². The Bertz CT molecular complexity index is 1210. The lowest BCUT2D eigenvalue weighted by Gasteiger charge is -2.46. The van der Waals surface area contributed by atoms with Crippen LogP contribution in [-0.4, -0.2) is 95.3 Å². The van der Waals surface area contributed by atoms with Crippen LogP contribution in [0.4, 0.5) is 132 Å². The molecule has 0 heterocycles. The third kappa shape index (κ3) is 4.88. The summed E-state index contributed by atoms with van der Waals surface area (Å²) in [6, 6.07) is 0. The summed E-state index contributed by atoms with van der Waals surface area (Å²) in [7, 11) is 0. The van der Waals surface area contributed by atoms with E-state index in [1.54, 1.807) is 0 Å². The second-order valence-electron chi connectivity index (χ2n) is 8.68. The summed E-state index contributed by atoms with van der Waals surface area (Å²) in [6.07, 6.45) is -6.45. The number of carbonyl (C=O) groups is 1. The van der Waals surface area contributed by atoms with E-state index in [0.29, 0.717) is 0 Å². The molecule has 288 valence electrons. The van der Waals surface area contributed by atoms with Crippen LogP contribution in [0.15, 0.2) is 0 Å². The molecule has 0 rings (SSSR count). The van der Waals surface area contributed by atoms with E-state index in [0.717, 1.165) is 0 Å². The first-order valence-electron chi connectivity index (χ1n) is 9.92. The van der Waals surface area contributed by atoms with Crippen molar-refractivity contribution in [3.05, 3.63) is 0 Å². The van der Waals surface area contributed by atoms with Gasteiger partial charge in [0.2, 0.25) is 0 Å². The van der Waals surface area contributed by atoms with Crippen LogP contribution in [0.1, 0.15) is 0 Å². The lowest BCUT2D eigenvalue weighted by molar-refractivity contribution is -0.486. The largest absolute Gasteiger partial charge is 0.544 e. The van der Waals surface area contributed by atoms with Crippen LogP contribution in [0.25, 0.3) is 0 Å². The highest BCUT2D eigenvalue weighted by atomic mass is 19.4. The van der Waals surface area contributed by atoms with Gasteiger partial charge < -0.3 is 9.90 Å². The van der Waals surface area contributed by atoms with Crippen molar-refractivity contribution in [2.24, 2.45) is 0 Å². The minimum absolute atomic E-state index is 5.04. The van der Waals surface area contributed by atoms with Gasteiger partial charge in [-0.25, -0.2) is 8.78 Å². The predicted octanol–water partition coefficient (Wildman–Crippen LogP) is 7.90. The van der Waals surface area contributed by atoms with Crippen molar-refractivity contribution < 1.29 is 142 Å². The maximum Gasteiger partial charge on any atom is 0.385 e. The number of halogens is 30. The van der Waals surface area contributed by atoms with E-state index in [-0.39, 0.29) is 0 Å². The molecule has 0 aliphatic heterocycles. The molecule has 0 radical (unpaired) electrons. The van der Waals surface area contributed by atoms with Gasteiger partial charge in [0.1, 0.15) is 5.97 Å². The molecule has 0 bridgehead atoms. The zero-order valence-electron chi connectivity index (χ0n) is 20.2. The fourth-order valence-electron chi connectivity index (χ4n) is 2.64. The van der Waals surface area contributed by atoms with Gasteiger partial charge in [0, 0.05) is 0 Å². The van der Waals surface area contributed by atoms with E-state index in [4.69, 9.17) is 0 Å². The lowest BCUT2D eigenvalue weighted by Crippen LogP contribution is -2.79. The van der Waals surface area contributed by atoms with Crippen LogP contribution < -0.4 is 5.11 Å². The normalized spacial score (nSPS) is 16.9. The molecule has 2 nitrogen and oxygen atoms in total. The summed E-state index contributed by atoms with van der Waals surface area (Å²) >= 11 is 0. The van der Waals surface area contributed by atoms with Crippen LogP contribution in [0.2, 0.25) is 0 Å². The number of alkyl halides is 30. The van der Waals surface area contributed by atoms with E-state index in [1.165, 1.54) is 0 Å². The average Bonchev–Trinajstić information content (AvgIpc) is 2.86. The highest BCUT2D eigenvalue weighted by Gasteiger charge is 3.01. The van der Waals surface area contributed by atoms with E-state index in [9.17, 15) is 142 Å². The van der Waals surface area contributed by atoms with Crippen LogP contribution in [0, 0.1) is 0 Å². The van der Waals surface area contributed by atoms with Crippen molar-refractivity contribution in [3.8, 4) is 0 Å². The van der Waals surface area contributed by atoms with Crippen LogP contribution >= 0.6 is 0 Å². The van der Waals surface area contributed by atoms with Crippen molar-refractivity contribution in [3.63, 3.8) is 0 Å². The van der Waals surface area contributed by atoms with Crippen molar-refractivity contribution in [1.82, 2.24) is 0 Å². The summed E-state index contributed by atoms with van der Waals surface area (Å²) in [5.74, 6) is -137. The SMILES string of the molecule is O=C([O-])C(F)(F)C(F)(F)C(F)(F)C(F)(F)C(F)(F)C(F)(F)C(F)(F)C(F)(F)C(F)(F)C(F)(F)C(F)(F)C(F)(F)C(F)(F)C(F)(F)C(F)F. The fraction of sp³-hybridized carbons (Fsp3) is 0.938. The van der Waals surface area contributed by atoms with Crippen molar-refractivity contribution >= 4 is 5.97 Å². The molecule has 48 heavy (non-hydrogen) atoms. The molecule has 0 spiro atoms. The molecular formula is C16HF30O2-. The standard InChI is InChI=1S/C16H2F30O2/c17-1(18)3(19,20)5(23,24)7(27,28)9(31,32)11(35,36)13(39,40)15(43,44)16(45,46)14(41,42)12(37,38)10(33,34)8(29,30)6(25,26)4(21,22)2(47)48/h1H,(H,47,48)/p-1. The zero-order chi connectivity index (χ0) is 40.2. The van der Waals surface area contributed by atoms with Crippen LogP contribution in [0.3, 0.4) is 0 Å². The first-order valence-corrected chi connectivity index (χ1v) is 9.92. The molecule has 0 aromatic heterocycles. The zero-order valence-corrected chi connectivity index (χ0v) is 20.2. The van der Waals surface area contributed by atoms with Crippen LogP contribution in [0.5, 0.6) is 0 Å². The monoisotopic (exact) mass is 795 g/mol. The average molecular weight is 795 g/mol. The molecule has 0 atom stereocenters. The molecule has 0 aromatic rings. The molecule has 0 amide bonds. The Balaban J connectivity index is 7.63. The Kier molecular flexibility index (Phi) is 10.3. The molecule has 0 saturated heterocycles. The number of hydrogen-bond acceptors (Lipinski definition) is 2. The third-order valence-corrected chi connectivity index (χ3v) is 5.68. The van der Waals surface area contributed by atoms with Gasteiger partial charge in [-0.1, -0.05) is 0 Å². The highest BCUT2D eigenvalue weighted by molar-refractivity contribution is 5.75. The topological polar surface area (TPSA) is 40.1 Å². The Labute approximate surface area is 238 Å². The number of aliphatic carboxylic acids is 1. The molecule has 0 fully saturated rings. The van der Waals surface area contributed by atoms with Gasteiger partial charge in [-0.2, -0.15) is 123 Å². The number of rotatable bonds is 15. The smallest absolute Gasteiger partial charge is 0.385 e. The van der Waals surface area contributed by atoms with Gasteiger partial charge >= 0.3 is 89.3 Å². The third-order valence-electron chi connectivity index (χ3n) is 5.68. The summed E-state index contributed by atoms with van der Waals surface area (Å²) in [5.41, 5.74) is 0. The Morgan fingerprint density at radius 1 is 0.312 bits per heavy atom. The van der Waals surface area contributed by atoms with Gasteiger partial charge in [0.25, 0.3) is 0 Å². The first-order chi connectivity index (χ1) is 20.1. The number of carboxylic acid groups (broad SMARTS) is 1. The molecule has 0 aliphatic rings. The van der Waals surface area contributed by atoms with Gasteiger partial charge in [-0.15, -0.1) is 0 Å². The minimum atomic E-state index is -10.1. The molecule has 0 aliphatic carbocycles. The fourth-order valence-corrected chi connectivity index (χ4v) is 2.64. The van der Waals surface area contributed by atoms with Gasteiger partial charge in [-0.3, -0.25) is 0 Å². The Morgan fingerprint density at radius 3 is 0.604 bits per heavy atom. The first kappa shape index (κ1) is 45.4. The second kappa shape index (κ2) is 10.9. The number of hydrogen-bond donors (Lipinski definition) is 0. The molecule has 0 saturated carbocycles. The van der Waals surface area contributed by atoms with Crippen LogP contribution in [-0.2, 0) is 4.79 Å². The lowest BCUT2D eigenvalue weighted by atomic mass is 9.83. The maximum atomic E-state index is 13.7. The summed E-state index contributed by atoms with van der Waals surface area (Å²) < 4.78 is 398. The van der Waals surface area contributed by atoms with Crippen molar-refractivity contribution in [2.45, 2.75) is 89.3 Å². The number of carboxylic acids is 1. The van der Waals surface area contributed by atoms with Gasteiger partial charge in [0.05, 0.1) is 0 Å².